The maximum atomic E-state index is 13.5. The third kappa shape index (κ3) is 3.36. The van der Waals surface area contributed by atoms with Crippen LogP contribution in [0.4, 0.5) is 4.39 Å². The van der Waals surface area contributed by atoms with Gasteiger partial charge in [-0.3, -0.25) is 9.59 Å². The van der Waals surface area contributed by atoms with Crippen LogP contribution < -0.4 is 4.74 Å². The van der Waals surface area contributed by atoms with Gasteiger partial charge in [-0.15, -0.1) is 0 Å². The van der Waals surface area contributed by atoms with Gasteiger partial charge in [0.05, 0.1) is 18.7 Å². The number of halogens is 1. The van der Waals surface area contributed by atoms with E-state index in [1.54, 1.807) is 49.3 Å². The number of aryl methyl sites for hydroxylation is 1. The summed E-state index contributed by atoms with van der Waals surface area (Å²) < 4.78 is 18.8. The molecule has 156 valence electrons. The average molecular weight is 409 g/mol. The van der Waals surface area contributed by atoms with Crippen LogP contribution in [0.25, 0.3) is 5.76 Å². The number of aliphatic hydroxyl groups is 1. The normalized spacial score (nSPS) is 21.4. The van der Waals surface area contributed by atoms with Crippen molar-refractivity contribution in [2.45, 2.75) is 44.7 Å². The molecule has 0 aromatic heterocycles. The summed E-state index contributed by atoms with van der Waals surface area (Å²) in [5.74, 6) is -1.30. The largest absolute Gasteiger partial charge is 0.507 e. The van der Waals surface area contributed by atoms with Crippen molar-refractivity contribution < 1.29 is 23.8 Å². The summed E-state index contributed by atoms with van der Waals surface area (Å²) >= 11 is 0. The number of likely N-dealkylation sites (tertiary alicyclic amines) is 1. The molecule has 1 amide bonds. The lowest BCUT2D eigenvalue weighted by Gasteiger charge is -2.30. The van der Waals surface area contributed by atoms with Crippen molar-refractivity contribution in [2.75, 3.05) is 7.11 Å². The summed E-state index contributed by atoms with van der Waals surface area (Å²) in [6.07, 6.45) is 3.60. The van der Waals surface area contributed by atoms with E-state index >= 15 is 0 Å². The summed E-state index contributed by atoms with van der Waals surface area (Å²) in [6.45, 7) is 1.80. The van der Waals surface area contributed by atoms with Crippen LogP contribution in [0.1, 0.15) is 48.4 Å². The lowest BCUT2D eigenvalue weighted by atomic mass is 9.93. The molecule has 5 nitrogen and oxygen atoms in total. The van der Waals surface area contributed by atoms with Gasteiger partial charge in [0.2, 0.25) is 0 Å². The fraction of sp³-hybridized carbons (Fsp3) is 0.333. The number of carbonyl (C=O) groups excluding carboxylic acids is 2. The van der Waals surface area contributed by atoms with E-state index in [4.69, 9.17) is 4.74 Å². The quantitative estimate of drug-likeness (QED) is 0.458. The SMILES string of the molecule is COc1ccc(/C(O)=C2/C(=O)C(=O)N(C3CCCC3)C2c2ccc(F)cc2)c(C)c1. The number of Topliss-reactive ketones (excluding diaryl/α,β-unsaturated/α-hetero) is 1. The van der Waals surface area contributed by atoms with E-state index in [1.165, 1.54) is 12.1 Å². The number of methoxy groups -OCH3 is 1. The first-order valence-electron chi connectivity index (χ1n) is 10.1. The molecule has 1 aliphatic carbocycles. The van der Waals surface area contributed by atoms with E-state index in [9.17, 15) is 19.1 Å². The fourth-order valence-electron chi connectivity index (χ4n) is 4.56. The maximum absolute atomic E-state index is 13.5. The zero-order valence-corrected chi connectivity index (χ0v) is 17.0. The fourth-order valence-corrected chi connectivity index (χ4v) is 4.56. The van der Waals surface area contributed by atoms with Crippen molar-refractivity contribution in [1.29, 1.82) is 0 Å². The average Bonchev–Trinajstić information content (AvgIpc) is 3.35. The highest BCUT2D eigenvalue weighted by Crippen LogP contribution is 2.43. The lowest BCUT2D eigenvalue weighted by Crippen LogP contribution is -2.37. The third-order valence-corrected chi connectivity index (χ3v) is 6.07. The van der Waals surface area contributed by atoms with E-state index in [-0.39, 0.29) is 17.4 Å². The zero-order valence-electron chi connectivity index (χ0n) is 17.0. The van der Waals surface area contributed by atoms with Crippen LogP contribution in [0, 0.1) is 12.7 Å². The molecule has 0 bridgehead atoms. The number of hydrogen-bond acceptors (Lipinski definition) is 4. The van der Waals surface area contributed by atoms with Gasteiger partial charge in [0.25, 0.3) is 11.7 Å². The molecule has 1 saturated heterocycles. The monoisotopic (exact) mass is 409 g/mol. The minimum Gasteiger partial charge on any atom is -0.507 e. The molecule has 4 rings (SSSR count). The molecule has 1 heterocycles. The standard InChI is InChI=1S/C24H24FNO4/c1-14-13-18(30-2)11-12-19(14)22(27)20-21(15-7-9-16(25)10-8-15)26(24(29)23(20)28)17-5-3-4-6-17/h7-13,17,21,27H,3-6H2,1-2H3/b22-20-. The molecule has 2 fully saturated rings. The summed E-state index contributed by atoms with van der Waals surface area (Å²) in [5, 5.41) is 11.2. The topological polar surface area (TPSA) is 66.8 Å². The molecular formula is C24H24FNO4. The van der Waals surface area contributed by atoms with Crippen LogP contribution >= 0.6 is 0 Å². The number of nitrogens with zero attached hydrogens (tertiary/aromatic N) is 1. The van der Waals surface area contributed by atoms with Crippen molar-refractivity contribution in [1.82, 2.24) is 4.90 Å². The highest BCUT2D eigenvalue weighted by Gasteiger charge is 2.49. The number of rotatable bonds is 4. The molecule has 1 saturated carbocycles. The molecule has 2 aromatic rings. The van der Waals surface area contributed by atoms with Gasteiger partial charge < -0.3 is 14.7 Å². The van der Waals surface area contributed by atoms with Gasteiger partial charge in [0, 0.05) is 11.6 Å². The number of ether oxygens (including phenoxy) is 1. The smallest absolute Gasteiger partial charge is 0.295 e. The van der Waals surface area contributed by atoms with Crippen molar-refractivity contribution >= 4 is 17.4 Å². The molecule has 1 aliphatic heterocycles. The Labute approximate surface area is 174 Å². The summed E-state index contributed by atoms with van der Waals surface area (Å²) in [5.41, 5.74) is 1.84. The van der Waals surface area contributed by atoms with Crippen LogP contribution in [0.2, 0.25) is 0 Å². The molecule has 2 aromatic carbocycles. The Balaban J connectivity index is 1.89. The van der Waals surface area contributed by atoms with Crippen molar-refractivity contribution in [3.8, 4) is 5.75 Å². The van der Waals surface area contributed by atoms with E-state index in [1.807, 2.05) is 0 Å². The number of carbonyl (C=O) groups is 2. The second-order valence-corrected chi connectivity index (χ2v) is 7.88. The van der Waals surface area contributed by atoms with E-state index in [0.717, 1.165) is 31.2 Å². The van der Waals surface area contributed by atoms with E-state index < -0.39 is 23.5 Å². The van der Waals surface area contributed by atoms with Crippen LogP contribution in [0.5, 0.6) is 5.75 Å². The Morgan fingerprint density at radius 2 is 1.77 bits per heavy atom. The van der Waals surface area contributed by atoms with Gasteiger partial charge in [-0.2, -0.15) is 0 Å². The van der Waals surface area contributed by atoms with Gasteiger partial charge in [0.1, 0.15) is 17.3 Å². The number of amides is 1. The maximum Gasteiger partial charge on any atom is 0.295 e. The Morgan fingerprint density at radius 3 is 2.37 bits per heavy atom. The Morgan fingerprint density at radius 1 is 1.10 bits per heavy atom. The van der Waals surface area contributed by atoms with Crippen molar-refractivity contribution in [3.63, 3.8) is 0 Å². The molecule has 6 heteroatoms. The molecule has 0 radical (unpaired) electrons. The van der Waals surface area contributed by atoms with E-state index in [2.05, 4.69) is 0 Å². The first kappa shape index (κ1) is 20.1. The molecule has 30 heavy (non-hydrogen) atoms. The molecule has 2 aliphatic rings. The molecule has 1 unspecified atom stereocenters. The lowest BCUT2D eigenvalue weighted by molar-refractivity contribution is -0.141. The van der Waals surface area contributed by atoms with Gasteiger partial charge in [-0.25, -0.2) is 4.39 Å². The zero-order chi connectivity index (χ0) is 21.4. The van der Waals surface area contributed by atoms with Gasteiger partial charge in [-0.1, -0.05) is 25.0 Å². The predicted octanol–water partition coefficient (Wildman–Crippen LogP) is 4.51. The summed E-state index contributed by atoms with van der Waals surface area (Å²) in [7, 11) is 1.55. The molecule has 1 N–H and O–H groups in total. The Bertz CT molecular complexity index is 1020. The summed E-state index contributed by atoms with van der Waals surface area (Å²) in [4.78, 5) is 27.7. The van der Waals surface area contributed by atoms with Crippen molar-refractivity contribution in [2.24, 2.45) is 0 Å². The third-order valence-electron chi connectivity index (χ3n) is 6.07. The van der Waals surface area contributed by atoms with Crippen LogP contribution in [-0.4, -0.2) is 34.8 Å². The number of aliphatic hydroxyl groups excluding tert-OH is 1. The highest BCUT2D eigenvalue weighted by molar-refractivity contribution is 6.46. The Kier molecular flexibility index (Phi) is 5.33. The first-order valence-corrected chi connectivity index (χ1v) is 10.1. The minimum absolute atomic E-state index is 0.0479. The highest BCUT2D eigenvalue weighted by atomic mass is 19.1. The number of hydrogen-bond donors (Lipinski definition) is 1. The van der Waals surface area contributed by atoms with Gasteiger partial charge >= 0.3 is 0 Å². The minimum atomic E-state index is -0.741. The van der Waals surface area contributed by atoms with Crippen molar-refractivity contribution in [3.05, 3.63) is 70.5 Å². The van der Waals surface area contributed by atoms with Crippen LogP contribution in [0.3, 0.4) is 0 Å². The van der Waals surface area contributed by atoms with Gasteiger partial charge in [0.15, 0.2) is 0 Å². The molecular weight excluding hydrogens is 385 g/mol. The second-order valence-electron chi connectivity index (χ2n) is 7.88. The Hall–Kier alpha value is -3.15. The second kappa shape index (κ2) is 7.94. The van der Waals surface area contributed by atoms with Crippen LogP contribution in [0.15, 0.2) is 48.0 Å². The van der Waals surface area contributed by atoms with Gasteiger partial charge in [-0.05, 0) is 61.2 Å². The first-order chi connectivity index (χ1) is 14.4. The summed E-state index contributed by atoms with van der Waals surface area (Å²) in [6, 6.07) is 10.1. The molecule has 1 atom stereocenters. The van der Waals surface area contributed by atoms with Crippen LogP contribution in [-0.2, 0) is 9.59 Å². The predicted molar refractivity (Wildman–Crippen MR) is 111 cm³/mol. The number of benzene rings is 2. The molecule has 0 spiro atoms. The van der Waals surface area contributed by atoms with E-state index in [0.29, 0.717) is 16.9 Å². The number of ketones is 1.